The molecule has 2 nitrogen and oxygen atoms in total. The second-order valence-electron chi connectivity index (χ2n) is 6.21. The first kappa shape index (κ1) is 14.7. The van der Waals surface area contributed by atoms with Crippen LogP contribution in [0.5, 0.6) is 0 Å². The van der Waals surface area contributed by atoms with Gasteiger partial charge in [-0.2, -0.15) is 11.8 Å². The van der Waals surface area contributed by atoms with Crippen LogP contribution in [0.3, 0.4) is 0 Å². The highest BCUT2D eigenvalue weighted by Crippen LogP contribution is 2.42. The fourth-order valence-corrected chi connectivity index (χ4v) is 4.39. The minimum atomic E-state index is 0.224. The Hall–Kier alpha value is 0.270. The summed E-state index contributed by atoms with van der Waals surface area (Å²) in [6.45, 7) is 5.50. The number of nitrogens with two attached hydrogens (primary N) is 1. The summed E-state index contributed by atoms with van der Waals surface area (Å²) in [5.74, 6) is 1.81. The molecule has 3 unspecified atom stereocenters. The third kappa shape index (κ3) is 3.64. The van der Waals surface area contributed by atoms with Crippen LogP contribution in [0, 0.1) is 5.92 Å². The van der Waals surface area contributed by atoms with Crippen molar-refractivity contribution in [3.05, 3.63) is 0 Å². The van der Waals surface area contributed by atoms with Crippen LogP contribution in [0.4, 0.5) is 0 Å². The molecular weight excluding hydrogens is 242 g/mol. The van der Waals surface area contributed by atoms with Gasteiger partial charge in [0.1, 0.15) is 0 Å². The lowest BCUT2D eigenvalue weighted by Gasteiger charge is -2.40. The van der Waals surface area contributed by atoms with Crippen molar-refractivity contribution in [1.29, 1.82) is 0 Å². The van der Waals surface area contributed by atoms with Crippen LogP contribution in [0.15, 0.2) is 0 Å². The highest BCUT2D eigenvalue weighted by atomic mass is 32.2. The van der Waals surface area contributed by atoms with Crippen LogP contribution < -0.4 is 5.73 Å². The smallest absolute Gasteiger partial charge is 0.0685 e. The average Bonchev–Trinajstić information content (AvgIpc) is 2.83. The van der Waals surface area contributed by atoms with Crippen molar-refractivity contribution in [2.75, 3.05) is 12.4 Å². The fraction of sp³-hybridized carbons (Fsp3) is 1.00. The Morgan fingerprint density at radius 1 is 1.39 bits per heavy atom. The van der Waals surface area contributed by atoms with Crippen molar-refractivity contribution < 1.29 is 4.74 Å². The lowest BCUT2D eigenvalue weighted by molar-refractivity contribution is -0.0951. The van der Waals surface area contributed by atoms with Crippen molar-refractivity contribution in [1.82, 2.24) is 0 Å². The molecule has 2 rings (SSSR count). The SMILES string of the molecule is CCC(C)SCC(N)C1CCOC2(CCCC2)C1. The maximum atomic E-state index is 6.43. The van der Waals surface area contributed by atoms with E-state index >= 15 is 0 Å². The van der Waals surface area contributed by atoms with E-state index in [0.717, 1.165) is 17.6 Å². The van der Waals surface area contributed by atoms with Crippen LogP contribution in [0.2, 0.25) is 0 Å². The van der Waals surface area contributed by atoms with Crippen LogP contribution >= 0.6 is 11.8 Å². The quantitative estimate of drug-likeness (QED) is 0.830. The summed E-state index contributed by atoms with van der Waals surface area (Å²) < 4.78 is 6.09. The molecule has 3 heteroatoms. The molecule has 106 valence electrons. The zero-order chi connectivity index (χ0) is 13.0. The molecule has 0 aromatic rings. The molecule has 0 amide bonds. The highest BCUT2D eigenvalue weighted by Gasteiger charge is 2.41. The second kappa shape index (κ2) is 6.62. The average molecular weight is 271 g/mol. The monoisotopic (exact) mass is 271 g/mol. The van der Waals surface area contributed by atoms with E-state index in [0.29, 0.717) is 12.0 Å². The van der Waals surface area contributed by atoms with Crippen molar-refractivity contribution in [2.45, 2.75) is 75.7 Å². The molecule has 0 aromatic carbocycles. The van der Waals surface area contributed by atoms with Gasteiger partial charge in [-0.15, -0.1) is 0 Å². The van der Waals surface area contributed by atoms with E-state index in [1.165, 1.54) is 44.9 Å². The molecular formula is C15H29NOS. The van der Waals surface area contributed by atoms with Gasteiger partial charge in [0, 0.05) is 23.7 Å². The Morgan fingerprint density at radius 3 is 2.78 bits per heavy atom. The van der Waals surface area contributed by atoms with Crippen molar-refractivity contribution in [3.8, 4) is 0 Å². The molecule has 1 saturated carbocycles. The van der Waals surface area contributed by atoms with E-state index in [4.69, 9.17) is 10.5 Å². The van der Waals surface area contributed by atoms with Gasteiger partial charge in [0.2, 0.25) is 0 Å². The molecule has 1 spiro atoms. The van der Waals surface area contributed by atoms with Crippen LogP contribution in [-0.4, -0.2) is 29.3 Å². The van der Waals surface area contributed by atoms with Crippen molar-refractivity contribution >= 4 is 11.8 Å². The van der Waals surface area contributed by atoms with Gasteiger partial charge in [0.05, 0.1) is 5.60 Å². The maximum Gasteiger partial charge on any atom is 0.0685 e. The number of hydrogen-bond donors (Lipinski definition) is 1. The fourth-order valence-electron chi connectivity index (χ4n) is 3.33. The predicted octanol–water partition coefficient (Wildman–Crippen LogP) is 3.58. The molecule has 0 bridgehead atoms. The van der Waals surface area contributed by atoms with Crippen LogP contribution in [0.1, 0.15) is 58.8 Å². The zero-order valence-corrected chi connectivity index (χ0v) is 12.8. The summed E-state index contributed by atoms with van der Waals surface area (Å²) in [4.78, 5) is 0. The van der Waals surface area contributed by atoms with Gasteiger partial charge >= 0.3 is 0 Å². The van der Waals surface area contributed by atoms with Gasteiger partial charge in [0.25, 0.3) is 0 Å². The third-order valence-electron chi connectivity index (χ3n) is 4.80. The van der Waals surface area contributed by atoms with Crippen LogP contribution in [0.25, 0.3) is 0 Å². The molecule has 1 aliphatic carbocycles. The number of hydrogen-bond acceptors (Lipinski definition) is 3. The molecule has 1 saturated heterocycles. The van der Waals surface area contributed by atoms with E-state index in [9.17, 15) is 0 Å². The zero-order valence-electron chi connectivity index (χ0n) is 12.0. The molecule has 0 aromatic heterocycles. The minimum Gasteiger partial charge on any atom is -0.375 e. The summed E-state index contributed by atoms with van der Waals surface area (Å²) in [7, 11) is 0. The van der Waals surface area contributed by atoms with Gasteiger partial charge in [0.15, 0.2) is 0 Å². The van der Waals surface area contributed by atoms with Gasteiger partial charge in [-0.25, -0.2) is 0 Å². The van der Waals surface area contributed by atoms with E-state index in [-0.39, 0.29) is 5.60 Å². The standard InChI is InChI=1S/C15H29NOS/c1-3-12(2)18-11-14(16)13-6-9-17-15(10-13)7-4-5-8-15/h12-14H,3-11,16H2,1-2H3. The Morgan fingerprint density at radius 2 is 2.11 bits per heavy atom. The highest BCUT2D eigenvalue weighted by molar-refractivity contribution is 7.99. The lowest BCUT2D eigenvalue weighted by Crippen LogP contribution is -2.44. The maximum absolute atomic E-state index is 6.43. The summed E-state index contributed by atoms with van der Waals surface area (Å²) >= 11 is 2.04. The molecule has 2 fully saturated rings. The summed E-state index contributed by atoms with van der Waals surface area (Å²) in [6, 6.07) is 0.366. The van der Waals surface area contributed by atoms with E-state index < -0.39 is 0 Å². The normalized spacial score (nSPS) is 30.5. The first-order chi connectivity index (χ1) is 8.65. The molecule has 1 aliphatic heterocycles. The Balaban J connectivity index is 1.80. The Labute approximate surface area is 116 Å². The Kier molecular flexibility index (Phi) is 5.40. The molecule has 3 atom stereocenters. The number of ether oxygens (including phenoxy) is 1. The Bertz CT molecular complexity index is 253. The largest absolute Gasteiger partial charge is 0.375 e. The lowest BCUT2D eigenvalue weighted by atomic mass is 9.81. The molecule has 1 heterocycles. The van der Waals surface area contributed by atoms with Crippen molar-refractivity contribution in [2.24, 2.45) is 11.7 Å². The topological polar surface area (TPSA) is 35.2 Å². The van der Waals surface area contributed by atoms with E-state index in [1.807, 2.05) is 11.8 Å². The first-order valence-electron chi connectivity index (χ1n) is 7.66. The predicted molar refractivity (Wildman–Crippen MR) is 80.1 cm³/mol. The minimum absolute atomic E-state index is 0.224. The van der Waals surface area contributed by atoms with Crippen LogP contribution in [-0.2, 0) is 4.74 Å². The summed E-state index contributed by atoms with van der Waals surface area (Å²) in [5.41, 5.74) is 6.65. The van der Waals surface area contributed by atoms with Gasteiger partial charge in [-0.1, -0.05) is 26.7 Å². The molecule has 2 N–H and O–H groups in total. The second-order valence-corrected chi connectivity index (χ2v) is 7.68. The van der Waals surface area contributed by atoms with Gasteiger partial charge < -0.3 is 10.5 Å². The molecule has 2 aliphatic rings. The van der Waals surface area contributed by atoms with E-state index in [1.54, 1.807) is 0 Å². The first-order valence-corrected chi connectivity index (χ1v) is 8.71. The third-order valence-corrected chi connectivity index (χ3v) is 6.28. The summed E-state index contributed by atoms with van der Waals surface area (Å²) in [5, 5.41) is 0.747. The number of rotatable bonds is 5. The van der Waals surface area contributed by atoms with Crippen molar-refractivity contribution in [3.63, 3.8) is 0 Å². The molecule has 0 radical (unpaired) electrons. The van der Waals surface area contributed by atoms with Gasteiger partial charge in [-0.05, 0) is 38.0 Å². The summed E-state index contributed by atoms with van der Waals surface area (Å²) in [6.07, 6.45) is 8.88. The van der Waals surface area contributed by atoms with Gasteiger partial charge in [-0.3, -0.25) is 0 Å². The van der Waals surface area contributed by atoms with E-state index in [2.05, 4.69) is 13.8 Å². The number of thioether (sulfide) groups is 1. The molecule has 18 heavy (non-hydrogen) atoms.